The van der Waals surface area contributed by atoms with E-state index in [0.717, 1.165) is 31.2 Å². The second kappa shape index (κ2) is 7.28. The van der Waals surface area contributed by atoms with Crippen LogP contribution in [0.15, 0.2) is 63.7 Å². The minimum Gasteiger partial charge on any atom is -0.497 e. The van der Waals surface area contributed by atoms with Crippen LogP contribution in [-0.2, 0) is 0 Å². The molecule has 3 rings (SSSR count). The third-order valence-electron chi connectivity index (χ3n) is 3.54. The van der Waals surface area contributed by atoms with Crippen molar-refractivity contribution in [1.82, 2.24) is 4.98 Å². The number of aromatic nitrogens is 1. The number of nitrogens with zero attached hydrogens (tertiary/aromatic N) is 1. The van der Waals surface area contributed by atoms with Gasteiger partial charge in [-0.1, -0.05) is 50.1 Å². The molecule has 0 saturated carbocycles. The van der Waals surface area contributed by atoms with Crippen molar-refractivity contribution in [2.24, 2.45) is 0 Å². The quantitative estimate of drug-likeness (QED) is 0.383. The normalized spacial score (nSPS) is 11.1. The number of ether oxygens (including phenoxy) is 1. The molecule has 1 aromatic heterocycles. The lowest BCUT2D eigenvalue weighted by atomic mass is 10.1. The first-order valence-electron chi connectivity index (χ1n) is 7.18. The average Bonchev–Trinajstić information content (AvgIpc) is 2.59. The van der Waals surface area contributed by atoms with Gasteiger partial charge in [0.15, 0.2) is 5.78 Å². The molecule has 3 nitrogen and oxygen atoms in total. The molecule has 5 heteroatoms. The number of fused-ring (bicyclic) bond motifs is 1. The molecule has 0 spiro atoms. The second-order valence-corrected chi connectivity index (χ2v) is 6.92. The number of hydrogen-bond acceptors (Lipinski definition) is 3. The number of hydrogen-bond donors (Lipinski definition) is 0. The van der Waals surface area contributed by atoms with Crippen LogP contribution in [0.2, 0.25) is 0 Å². The molecule has 0 N–H and O–H groups in total. The van der Waals surface area contributed by atoms with Gasteiger partial charge >= 0.3 is 0 Å². The highest BCUT2D eigenvalue weighted by molar-refractivity contribution is 9.11. The van der Waals surface area contributed by atoms with E-state index in [0.29, 0.717) is 5.56 Å². The van der Waals surface area contributed by atoms with E-state index in [1.54, 1.807) is 25.5 Å². The maximum Gasteiger partial charge on any atom is 0.187 e. The molecule has 0 unspecified atom stereocenters. The summed E-state index contributed by atoms with van der Waals surface area (Å²) in [6, 6.07) is 13.2. The summed E-state index contributed by atoms with van der Waals surface area (Å²) in [5.41, 5.74) is 2.31. The van der Waals surface area contributed by atoms with Gasteiger partial charge < -0.3 is 4.74 Å². The van der Waals surface area contributed by atoms with Crippen LogP contribution < -0.4 is 4.74 Å². The zero-order chi connectivity index (χ0) is 17.1. The highest BCUT2D eigenvalue weighted by Gasteiger charge is 2.07. The van der Waals surface area contributed by atoms with E-state index in [1.165, 1.54) is 0 Å². The van der Waals surface area contributed by atoms with E-state index in [9.17, 15) is 4.79 Å². The third kappa shape index (κ3) is 3.74. The second-order valence-electron chi connectivity index (χ2n) is 5.15. The number of allylic oxidation sites excluding steroid dienone is 1. The Kier molecular flexibility index (Phi) is 5.11. The number of rotatable bonds is 4. The van der Waals surface area contributed by atoms with Gasteiger partial charge in [0.25, 0.3) is 0 Å². The Morgan fingerprint density at radius 3 is 2.58 bits per heavy atom. The summed E-state index contributed by atoms with van der Waals surface area (Å²) < 4.78 is 6.95. The highest BCUT2D eigenvalue weighted by Crippen LogP contribution is 2.28. The first kappa shape index (κ1) is 16.9. The molecule has 0 aliphatic carbocycles. The number of pyridine rings is 1. The smallest absolute Gasteiger partial charge is 0.187 e. The van der Waals surface area contributed by atoms with E-state index in [2.05, 4.69) is 36.8 Å². The molecule has 0 atom stereocenters. The Labute approximate surface area is 156 Å². The lowest BCUT2D eigenvalue weighted by Gasteiger charge is -2.03. The molecule has 0 aliphatic rings. The Morgan fingerprint density at radius 2 is 1.88 bits per heavy atom. The summed E-state index contributed by atoms with van der Waals surface area (Å²) in [5.74, 6) is 0.697. The molecule has 120 valence electrons. The topological polar surface area (TPSA) is 39.2 Å². The van der Waals surface area contributed by atoms with Crippen LogP contribution in [0, 0.1) is 0 Å². The molecule has 0 amide bonds. The molecular weight excluding hydrogens is 434 g/mol. The fraction of sp³-hybridized carbons (Fsp3) is 0.0526. The maximum atomic E-state index is 12.4. The molecule has 0 bridgehead atoms. The van der Waals surface area contributed by atoms with Crippen molar-refractivity contribution in [2.45, 2.75) is 0 Å². The third-order valence-corrected chi connectivity index (χ3v) is 4.66. The van der Waals surface area contributed by atoms with Crippen LogP contribution in [-0.4, -0.2) is 17.9 Å². The first-order chi connectivity index (χ1) is 11.6. The first-order valence-corrected chi connectivity index (χ1v) is 8.77. The Balaban J connectivity index is 1.86. The Hall–Kier alpha value is -1.98. The van der Waals surface area contributed by atoms with E-state index >= 15 is 0 Å². The van der Waals surface area contributed by atoms with Gasteiger partial charge in [0.05, 0.1) is 12.6 Å². The van der Waals surface area contributed by atoms with Gasteiger partial charge in [0.2, 0.25) is 0 Å². The molecule has 2 aromatic carbocycles. The van der Waals surface area contributed by atoms with E-state index < -0.39 is 0 Å². The molecule has 1 heterocycles. The minimum absolute atomic E-state index is 0.0879. The number of carbonyl (C=O) groups excluding carboxylic acids is 1. The van der Waals surface area contributed by atoms with Gasteiger partial charge in [-0.2, -0.15) is 0 Å². The van der Waals surface area contributed by atoms with E-state index in [-0.39, 0.29) is 5.78 Å². The summed E-state index contributed by atoms with van der Waals surface area (Å²) in [7, 11) is 1.62. The van der Waals surface area contributed by atoms with Crippen LogP contribution in [0.1, 0.15) is 15.9 Å². The fourth-order valence-electron chi connectivity index (χ4n) is 2.27. The number of halogens is 2. The van der Waals surface area contributed by atoms with Gasteiger partial charge in [-0.3, -0.25) is 9.78 Å². The van der Waals surface area contributed by atoms with Crippen molar-refractivity contribution in [2.75, 3.05) is 7.11 Å². The predicted octanol–water partition coefficient (Wildman–Crippen LogP) is 5.66. The zero-order valence-electron chi connectivity index (χ0n) is 12.8. The average molecular weight is 447 g/mol. The van der Waals surface area contributed by atoms with E-state index in [4.69, 9.17) is 4.74 Å². The van der Waals surface area contributed by atoms with Gasteiger partial charge in [-0.15, -0.1) is 0 Å². The minimum atomic E-state index is -0.0879. The standard InChI is InChI=1S/C19H13Br2NO2/c1-24-15-5-2-12(3-6-15)4-7-19(23)13-8-16-17(21)9-14(20)10-18(16)22-11-13/h2-11H,1H3. The van der Waals surface area contributed by atoms with Crippen molar-refractivity contribution >= 4 is 54.6 Å². The summed E-state index contributed by atoms with van der Waals surface area (Å²) in [6.45, 7) is 0. The van der Waals surface area contributed by atoms with Gasteiger partial charge in [-0.25, -0.2) is 0 Å². The lowest BCUT2D eigenvalue weighted by Crippen LogP contribution is -1.96. The summed E-state index contributed by atoms with van der Waals surface area (Å²) >= 11 is 6.94. The van der Waals surface area contributed by atoms with Crippen molar-refractivity contribution in [3.63, 3.8) is 0 Å². The van der Waals surface area contributed by atoms with Crippen molar-refractivity contribution in [1.29, 1.82) is 0 Å². The van der Waals surface area contributed by atoms with Crippen LogP contribution >= 0.6 is 31.9 Å². The van der Waals surface area contributed by atoms with Crippen molar-refractivity contribution in [3.05, 3.63) is 74.8 Å². The van der Waals surface area contributed by atoms with Gasteiger partial charge in [-0.05, 0) is 42.0 Å². The number of ketones is 1. The lowest BCUT2D eigenvalue weighted by molar-refractivity contribution is 0.104. The zero-order valence-corrected chi connectivity index (χ0v) is 16.0. The van der Waals surface area contributed by atoms with Crippen LogP contribution in [0.4, 0.5) is 0 Å². The van der Waals surface area contributed by atoms with Gasteiger partial charge in [0.1, 0.15) is 5.75 Å². The summed E-state index contributed by atoms with van der Waals surface area (Å²) in [5, 5.41) is 0.905. The molecule has 0 fully saturated rings. The largest absolute Gasteiger partial charge is 0.497 e. The number of methoxy groups -OCH3 is 1. The number of benzene rings is 2. The molecule has 24 heavy (non-hydrogen) atoms. The summed E-state index contributed by atoms with van der Waals surface area (Å²) in [6.07, 6.45) is 4.93. The molecular formula is C19H13Br2NO2. The Morgan fingerprint density at radius 1 is 1.12 bits per heavy atom. The number of carbonyl (C=O) groups is 1. The maximum absolute atomic E-state index is 12.4. The molecule has 3 aromatic rings. The van der Waals surface area contributed by atoms with Crippen molar-refractivity contribution < 1.29 is 9.53 Å². The molecule has 0 radical (unpaired) electrons. The van der Waals surface area contributed by atoms with Crippen LogP contribution in [0.5, 0.6) is 5.75 Å². The monoisotopic (exact) mass is 445 g/mol. The van der Waals surface area contributed by atoms with E-state index in [1.807, 2.05) is 42.5 Å². The van der Waals surface area contributed by atoms with Gasteiger partial charge in [0, 0.05) is 26.1 Å². The Bertz CT molecular complexity index is 934. The predicted molar refractivity (Wildman–Crippen MR) is 104 cm³/mol. The molecule has 0 saturated heterocycles. The van der Waals surface area contributed by atoms with Crippen LogP contribution in [0.3, 0.4) is 0 Å². The SMILES string of the molecule is COc1ccc(C=CC(=O)c2cnc3cc(Br)cc(Br)c3c2)cc1. The highest BCUT2D eigenvalue weighted by atomic mass is 79.9. The molecule has 0 aliphatic heterocycles. The summed E-state index contributed by atoms with van der Waals surface area (Å²) in [4.78, 5) is 16.8. The van der Waals surface area contributed by atoms with Crippen LogP contribution in [0.25, 0.3) is 17.0 Å². The van der Waals surface area contributed by atoms with Crippen molar-refractivity contribution in [3.8, 4) is 5.75 Å². The fourth-order valence-corrected chi connectivity index (χ4v) is 3.59.